The fourth-order valence-corrected chi connectivity index (χ4v) is 1.80. The van der Waals surface area contributed by atoms with Gasteiger partial charge in [-0.25, -0.2) is 8.78 Å². The van der Waals surface area contributed by atoms with Crippen molar-refractivity contribution < 1.29 is 13.5 Å². The van der Waals surface area contributed by atoms with Crippen LogP contribution >= 0.6 is 15.9 Å². The molecular formula is C14H11BrF2O. The van der Waals surface area contributed by atoms with Crippen LogP contribution in [-0.2, 0) is 6.61 Å². The first-order valence-corrected chi connectivity index (χ1v) is 6.18. The minimum Gasteiger partial charge on any atom is -0.489 e. The van der Waals surface area contributed by atoms with Gasteiger partial charge in [0.15, 0.2) is 0 Å². The topological polar surface area (TPSA) is 9.23 Å². The molecule has 0 saturated carbocycles. The maximum atomic E-state index is 13.3. The largest absolute Gasteiger partial charge is 0.489 e. The van der Waals surface area contributed by atoms with E-state index in [1.165, 1.54) is 18.2 Å². The second kappa shape index (κ2) is 5.48. The summed E-state index contributed by atoms with van der Waals surface area (Å²) in [5.74, 6) is -0.200. The first-order valence-electron chi connectivity index (χ1n) is 5.39. The van der Waals surface area contributed by atoms with Crippen molar-refractivity contribution in [2.45, 2.75) is 13.5 Å². The molecule has 18 heavy (non-hydrogen) atoms. The highest BCUT2D eigenvalue weighted by molar-refractivity contribution is 9.10. The van der Waals surface area contributed by atoms with Gasteiger partial charge >= 0.3 is 0 Å². The van der Waals surface area contributed by atoms with Crippen LogP contribution < -0.4 is 4.74 Å². The van der Waals surface area contributed by atoms with Crippen LogP contribution in [0.2, 0.25) is 0 Å². The molecule has 0 unspecified atom stereocenters. The summed E-state index contributed by atoms with van der Waals surface area (Å²) < 4.78 is 32.0. The number of hydrogen-bond acceptors (Lipinski definition) is 1. The van der Waals surface area contributed by atoms with Gasteiger partial charge in [0, 0.05) is 6.07 Å². The molecule has 0 amide bonds. The molecule has 94 valence electrons. The lowest BCUT2D eigenvalue weighted by atomic mass is 10.1. The lowest BCUT2D eigenvalue weighted by molar-refractivity contribution is 0.303. The lowest BCUT2D eigenvalue weighted by Gasteiger charge is -2.09. The van der Waals surface area contributed by atoms with E-state index >= 15 is 0 Å². The van der Waals surface area contributed by atoms with Gasteiger partial charge in [0.25, 0.3) is 0 Å². The highest BCUT2D eigenvalue weighted by atomic mass is 79.9. The second-order valence-electron chi connectivity index (χ2n) is 3.94. The van der Waals surface area contributed by atoms with E-state index in [9.17, 15) is 8.78 Å². The molecule has 0 atom stereocenters. The fraction of sp³-hybridized carbons (Fsp3) is 0.143. The lowest BCUT2D eigenvalue weighted by Crippen LogP contribution is -1.98. The summed E-state index contributed by atoms with van der Waals surface area (Å²) >= 11 is 3.07. The summed E-state index contributed by atoms with van der Waals surface area (Å²) in [5, 5.41) is 0. The average Bonchev–Trinajstić information content (AvgIpc) is 2.32. The Hall–Kier alpha value is -1.42. The summed E-state index contributed by atoms with van der Waals surface area (Å²) in [6, 6.07) is 9.06. The van der Waals surface area contributed by atoms with Crippen LogP contribution in [-0.4, -0.2) is 0 Å². The van der Waals surface area contributed by atoms with E-state index in [0.717, 1.165) is 11.1 Å². The molecule has 0 aromatic heterocycles. The number of halogens is 3. The van der Waals surface area contributed by atoms with E-state index in [1.54, 1.807) is 18.2 Å². The molecule has 2 aromatic carbocycles. The highest BCUT2D eigenvalue weighted by Gasteiger charge is 2.04. The molecule has 0 radical (unpaired) electrons. The third-order valence-electron chi connectivity index (χ3n) is 2.59. The van der Waals surface area contributed by atoms with E-state index in [2.05, 4.69) is 15.9 Å². The van der Waals surface area contributed by atoms with Crippen molar-refractivity contribution >= 4 is 15.9 Å². The van der Waals surface area contributed by atoms with Crippen LogP contribution in [0.5, 0.6) is 5.75 Å². The number of rotatable bonds is 3. The molecule has 2 aromatic rings. The van der Waals surface area contributed by atoms with Gasteiger partial charge in [0.2, 0.25) is 0 Å². The van der Waals surface area contributed by atoms with Crippen molar-refractivity contribution in [3.05, 3.63) is 63.6 Å². The molecule has 4 heteroatoms. The maximum absolute atomic E-state index is 13.3. The van der Waals surface area contributed by atoms with Gasteiger partial charge in [-0.2, -0.15) is 0 Å². The van der Waals surface area contributed by atoms with Gasteiger partial charge in [-0.3, -0.25) is 0 Å². The Morgan fingerprint density at radius 3 is 2.56 bits per heavy atom. The first-order chi connectivity index (χ1) is 8.56. The average molecular weight is 313 g/mol. The molecule has 0 bridgehead atoms. The fourth-order valence-electron chi connectivity index (χ4n) is 1.55. The zero-order valence-corrected chi connectivity index (χ0v) is 11.3. The van der Waals surface area contributed by atoms with Crippen molar-refractivity contribution in [2.24, 2.45) is 0 Å². The third-order valence-corrected chi connectivity index (χ3v) is 3.23. The van der Waals surface area contributed by atoms with E-state index in [4.69, 9.17) is 4.74 Å². The van der Waals surface area contributed by atoms with Crippen molar-refractivity contribution in [3.63, 3.8) is 0 Å². The Bertz CT molecular complexity index is 570. The number of aryl methyl sites for hydroxylation is 1. The summed E-state index contributed by atoms with van der Waals surface area (Å²) in [6.07, 6.45) is 0. The summed E-state index contributed by atoms with van der Waals surface area (Å²) in [4.78, 5) is 0. The minimum absolute atomic E-state index is 0.272. The SMILES string of the molecule is Cc1cc(F)ccc1COc1ccc(Br)c(F)c1. The zero-order valence-electron chi connectivity index (χ0n) is 9.71. The minimum atomic E-state index is -0.372. The number of hydrogen-bond donors (Lipinski definition) is 0. The van der Waals surface area contributed by atoms with Gasteiger partial charge in [-0.1, -0.05) is 6.07 Å². The summed E-state index contributed by atoms with van der Waals surface area (Å²) in [5.41, 5.74) is 1.69. The molecule has 0 N–H and O–H groups in total. The summed E-state index contributed by atoms with van der Waals surface area (Å²) in [7, 11) is 0. The van der Waals surface area contributed by atoms with Gasteiger partial charge in [0.05, 0.1) is 4.47 Å². The molecule has 0 aliphatic heterocycles. The quantitative estimate of drug-likeness (QED) is 0.804. The van der Waals surface area contributed by atoms with Gasteiger partial charge < -0.3 is 4.74 Å². The number of benzene rings is 2. The Balaban J connectivity index is 2.09. The van der Waals surface area contributed by atoms with E-state index < -0.39 is 0 Å². The van der Waals surface area contributed by atoms with E-state index in [1.807, 2.05) is 6.92 Å². The zero-order chi connectivity index (χ0) is 13.1. The Morgan fingerprint density at radius 2 is 1.89 bits per heavy atom. The van der Waals surface area contributed by atoms with Crippen molar-refractivity contribution in [3.8, 4) is 5.75 Å². The number of ether oxygens (including phenoxy) is 1. The van der Waals surface area contributed by atoms with Crippen molar-refractivity contribution in [1.82, 2.24) is 0 Å². The third kappa shape index (κ3) is 3.07. The van der Waals surface area contributed by atoms with Crippen molar-refractivity contribution in [1.29, 1.82) is 0 Å². The molecule has 1 nitrogen and oxygen atoms in total. The monoisotopic (exact) mass is 312 g/mol. The maximum Gasteiger partial charge on any atom is 0.141 e. The van der Waals surface area contributed by atoms with E-state index in [-0.39, 0.29) is 18.2 Å². The van der Waals surface area contributed by atoms with E-state index in [0.29, 0.717) is 10.2 Å². The van der Waals surface area contributed by atoms with Gasteiger partial charge in [0.1, 0.15) is 24.0 Å². The van der Waals surface area contributed by atoms with Crippen LogP contribution in [0, 0.1) is 18.6 Å². The van der Waals surface area contributed by atoms with Crippen LogP contribution in [0.1, 0.15) is 11.1 Å². The van der Waals surface area contributed by atoms with Crippen molar-refractivity contribution in [2.75, 3.05) is 0 Å². The Morgan fingerprint density at radius 1 is 1.11 bits per heavy atom. The molecule has 0 heterocycles. The smallest absolute Gasteiger partial charge is 0.141 e. The van der Waals surface area contributed by atoms with Gasteiger partial charge in [-0.15, -0.1) is 0 Å². The van der Waals surface area contributed by atoms with Crippen LogP contribution in [0.25, 0.3) is 0 Å². The normalized spacial score (nSPS) is 10.4. The molecule has 2 rings (SSSR count). The van der Waals surface area contributed by atoms with Crippen LogP contribution in [0.3, 0.4) is 0 Å². The molecule has 0 spiro atoms. The second-order valence-corrected chi connectivity index (χ2v) is 4.79. The highest BCUT2D eigenvalue weighted by Crippen LogP contribution is 2.22. The van der Waals surface area contributed by atoms with Crippen LogP contribution in [0.15, 0.2) is 40.9 Å². The Labute approximate surface area is 113 Å². The molecule has 0 saturated heterocycles. The molecule has 0 aliphatic rings. The van der Waals surface area contributed by atoms with Crippen LogP contribution in [0.4, 0.5) is 8.78 Å². The summed E-state index contributed by atoms with van der Waals surface area (Å²) in [6.45, 7) is 2.09. The predicted molar refractivity (Wildman–Crippen MR) is 69.6 cm³/mol. The molecule has 0 aliphatic carbocycles. The standard InChI is InChI=1S/C14H11BrF2O/c1-9-6-11(16)3-2-10(9)8-18-12-4-5-13(15)14(17)7-12/h2-7H,8H2,1H3. The first kappa shape index (κ1) is 13.0. The van der Waals surface area contributed by atoms with Gasteiger partial charge in [-0.05, 0) is 58.2 Å². The Kier molecular flexibility index (Phi) is 3.97. The predicted octanol–water partition coefficient (Wildman–Crippen LogP) is 4.61. The molecule has 0 fully saturated rings. The molecular weight excluding hydrogens is 302 g/mol.